The number of nitrogens with zero attached hydrogens (tertiary/aromatic N) is 6. The van der Waals surface area contributed by atoms with Gasteiger partial charge in [-0.3, -0.25) is 9.48 Å². The first-order chi connectivity index (χ1) is 14.3. The van der Waals surface area contributed by atoms with Gasteiger partial charge in [-0.15, -0.1) is 0 Å². The first-order valence-electron chi connectivity index (χ1n) is 10.1. The molecule has 3 aromatic rings. The number of hydrogen-bond donors (Lipinski definition) is 0. The molecule has 0 aromatic carbocycles. The lowest BCUT2D eigenvalue weighted by molar-refractivity contribution is -0.131. The number of Topliss-reactive ketones (excluding diaryl/α,β-unsaturated/α-hetero) is 1. The summed E-state index contributed by atoms with van der Waals surface area (Å²) in [6, 6.07) is 5.30. The van der Waals surface area contributed by atoms with Crippen LogP contribution in [0.2, 0.25) is 25.7 Å². The first-order valence-corrected chi connectivity index (χ1v) is 13.8. The van der Waals surface area contributed by atoms with E-state index in [0.29, 0.717) is 19.6 Å². The molecule has 156 valence electrons. The smallest absolute Gasteiger partial charge is 0.145 e. The lowest BCUT2D eigenvalue weighted by Crippen LogP contribution is -2.46. The van der Waals surface area contributed by atoms with Crippen LogP contribution in [0.4, 0.5) is 0 Å². The van der Waals surface area contributed by atoms with Gasteiger partial charge in [0.2, 0.25) is 0 Å². The van der Waals surface area contributed by atoms with E-state index in [-0.39, 0.29) is 12.2 Å². The third kappa shape index (κ3) is 3.93. The van der Waals surface area contributed by atoms with Crippen molar-refractivity contribution in [3.63, 3.8) is 0 Å². The molecule has 3 heterocycles. The van der Waals surface area contributed by atoms with Crippen molar-refractivity contribution in [1.29, 1.82) is 5.26 Å². The van der Waals surface area contributed by atoms with E-state index in [1.807, 2.05) is 23.0 Å². The Kier molecular flexibility index (Phi) is 5.30. The summed E-state index contributed by atoms with van der Waals surface area (Å²) in [5.41, 5.74) is 1.92. The zero-order valence-corrected chi connectivity index (χ0v) is 18.6. The van der Waals surface area contributed by atoms with Crippen LogP contribution in [0.15, 0.2) is 31.0 Å². The Labute approximate surface area is 176 Å². The number of fused-ring (bicyclic) bond motifs is 1. The van der Waals surface area contributed by atoms with Crippen LogP contribution in [0.25, 0.3) is 22.3 Å². The molecule has 1 aliphatic carbocycles. The van der Waals surface area contributed by atoms with E-state index in [9.17, 15) is 10.1 Å². The minimum Gasteiger partial charge on any atom is -0.361 e. The summed E-state index contributed by atoms with van der Waals surface area (Å²) in [7, 11) is -1.12. The molecule has 1 fully saturated rings. The number of ketones is 1. The van der Waals surface area contributed by atoms with Crippen molar-refractivity contribution < 1.29 is 9.53 Å². The van der Waals surface area contributed by atoms with Gasteiger partial charge in [0, 0.05) is 50.9 Å². The largest absolute Gasteiger partial charge is 0.361 e. The Morgan fingerprint density at radius 2 is 2.10 bits per heavy atom. The van der Waals surface area contributed by atoms with Crippen LogP contribution in [-0.4, -0.2) is 44.8 Å². The fourth-order valence-corrected chi connectivity index (χ4v) is 4.54. The highest BCUT2D eigenvalue weighted by Crippen LogP contribution is 2.40. The third-order valence-electron chi connectivity index (χ3n) is 5.59. The van der Waals surface area contributed by atoms with E-state index in [0.717, 1.165) is 34.9 Å². The molecular formula is C21H26N6O2Si. The number of ether oxygens (including phenoxy) is 1. The van der Waals surface area contributed by atoms with Crippen molar-refractivity contribution >= 4 is 24.9 Å². The third-order valence-corrected chi connectivity index (χ3v) is 7.29. The van der Waals surface area contributed by atoms with Gasteiger partial charge in [-0.2, -0.15) is 10.4 Å². The second kappa shape index (κ2) is 7.78. The highest BCUT2D eigenvalue weighted by molar-refractivity contribution is 6.76. The lowest BCUT2D eigenvalue weighted by Gasteiger charge is -2.38. The standard InChI is InChI=1S/C21H26N6O2Si/c1-30(2,3)9-8-29-15-26-7-4-18-19(23-14-24-20(18)26)16-12-25-27(13-16)21(5-6-22)10-17(28)11-21/h4,7,12-14H,5,8-11,15H2,1-3H3. The van der Waals surface area contributed by atoms with Gasteiger partial charge < -0.3 is 9.30 Å². The van der Waals surface area contributed by atoms with Gasteiger partial charge in [-0.1, -0.05) is 19.6 Å². The number of carbonyl (C=O) groups excluding carboxylic acids is 1. The van der Waals surface area contributed by atoms with Crippen molar-refractivity contribution in [2.45, 2.75) is 57.2 Å². The van der Waals surface area contributed by atoms with Crippen LogP contribution in [0.1, 0.15) is 19.3 Å². The maximum Gasteiger partial charge on any atom is 0.145 e. The lowest BCUT2D eigenvalue weighted by atomic mass is 9.74. The number of rotatable bonds is 8. The Bertz CT molecular complexity index is 1110. The predicted octanol–water partition coefficient (Wildman–Crippen LogP) is 3.58. The molecule has 3 aromatic heterocycles. The van der Waals surface area contributed by atoms with Gasteiger partial charge in [0.1, 0.15) is 24.5 Å². The second-order valence-electron chi connectivity index (χ2n) is 9.22. The molecule has 0 radical (unpaired) electrons. The molecule has 0 bridgehead atoms. The van der Waals surface area contributed by atoms with Gasteiger partial charge in [-0.25, -0.2) is 9.97 Å². The summed E-state index contributed by atoms with van der Waals surface area (Å²) in [6.07, 6.45) is 8.11. The van der Waals surface area contributed by atoms with Crippen LogP contribution < -0.4 is 0 Å². The van der Waals surface area contributed by atoms with E-state index in [4.69, 9.17) is 4.74 Å². The maximum absolute atomic E-state index is 11.6. The first kappa shape index (κ1) is 20.4. The molecule has 0 atom stereocenters. The minimum absolute atomic E-state index is 0.165. The summed E-state index contributed by atoms with van der Waals surface area (Å²) in [5, 5.41) is 14.6. The van der Waals surface area contributed by atoms with E-state index in [1.54, 1.807) is 17.2 Å². The number of nitriles is 1. The van der Waals surface area contributed by atoms with E-state index in [1.165, 1.54) is 0 Å². The van der Waals surface area contributed by atoms with Crippen LogP contribution in [0.5, 0.6) is 0 Å². The zero-order valence-electron chi connectivity index (χ0n) is 17.6. The molecule has 0 aliphatic heterocycles. The van der Waals surface area contributed by atoms with Crippen molar-refractivity contribution in [3.8, 4) is 17.3 Å². The molecule has 8 nitrogen and oxygen atoms in total. The molecule has 0 spiro atoms. The van der Waals surface area contributed by atoms with Gasteiger partial charge in [0.05, 0.1) is 29.9 Å². The molecule has 1 saturated carbocycles. The number of carbonyl (C=O) groups is 1. The molecule has 4 rings (SSSR count). The highest BCUT2D eigenvalue weighted by atomic mass is 28.3. The molecule has 30 heavy (non-hydrogen) atoms. The van der Waals surface area contributed by atoms with Crippen LogP contribution >= 0.6 is 0 Å². The average Bonchev–Trinajstić information content (AvgIpc) is 3.31. The molecule has 9 heteroatoms. The van der Waals surface area contributed by atoms with Crippen molar-refractivity contribution in [2.75, 3.05) is 6.61 Å². The van der Waals surface area contributed by atoms with Gasteiger partial charge in [0.25, 0.3) is 0 Å². The summed E-state index contributed by atoms with van der Waals surface area (Å²) in [5.74, 6) is 0.165. The van der Waals surface area contributed by atoms with E-state index in [2.05, 4.69) is 40.8 Å². The van der Waals surface area contributed by atoms with Crippen molar-refractivity contribution in [2.24, 2.45) is 0 Å². The summed E-state index contributed by atoms with van der Waals surface area (Å²) in [6.45, 7) is 8.21. The Balaban J connectivity index is 1.56. The maximum atomic E-state index is 11.6. The summed E-state index contributed by atoms with van der Waals surface area (Å²) < 4.78 is 9.62. The Morgan fingerprint density at radius 3 is 2.80 bits per heavy atom. The SMILES string of the molecule is C[Si](C)(C)CCOCn1ccc2c(-c3cnn(C4(CC#N)CC(=O)C4)c3)ncnc21. The van der Waals surface area contributed by atoms with Crippen molar-refractivity contribution in [1.82, 2.24) is 24.3 Å². The average molecular weight is 423 g/mol. The highest BCUT2D eigenvalue weighted by Gasteiger charge is 2.46. The van der Waals surface area contributed by atoms with Gasteiger partial charge in [-0.05, 0) is 12.1 Å². The quantitative estimate of drug-likeness (QED) is 0.406. The van der Waals surface area contributed by atoms with Crippen LogP contribution in [0, 0.1) is 11.3 Å². The van der Waals surface area contributed by atoms with Gasteiger partial charge in [0.15, 0.2) is 0 Å². The van der Waals surface area contributed by atoms with E-state index >= 15 is 0 Å². The molecule has 1 aliphatic rings. The van der Waals surface area contributed by atoms with E-state index < -0.39 is 13.6 Å². The molecular weight excluding hydrogens is 396 g/mol. The molecule has 0 saturated heterocycles. The number of hydrogen-bond acceptors (Lipinski definition) is 6. The van der Waals surface area contributed by atoms with Crippen molar-refractivity contribution in [3.05, 3.63) is 31.0 Å². The monoisotopic (exact) mass is 422 g/mol. The topological polar surface area (TPSA) is 98.6 Å². The Morgan fingerprint density at radius 1 is 1.30 bits per heavy atom. The zero-order chi connectivity index (χ0) is 21.4. The molecule has 0 unspecified atom stereocenters. The predicted molar refractivity (Wildman–Crippen MR) is 115 cm³/mol. The Hall–Kier alpha value is -2.83. The normalized spacial score (nSPS) is 15.9. The fourth-order valence-electron chi connectivity index (χ4n) is 3.78. The fraction of sp³-hybridized carbons (Fsp3) is 0.476. The second-order valence-corrected chi connectivity index (χ2v) is 14.8. The molecule has 0 amide bonds. The molecule has 0 N–H and O–H groups in total. The summed E-state index contributed by atoms with van der Waals surface area (Å²) >= 11 is 0. The van der Waals surface area contributed by atoms with Crippen LogP contribution in [-0.2, 0) is 21.8 Å². The van der Waals surface area contributed by atoms with Gasteiger partial charge >= 0.3 is 0 Å². The summed E-state index contributed by atoms with van der Waals surface area (Å²) in [4.78, 5) is 20.5. The number of aromatic nitrogens is 5. The van der Waals surface area contributed by atoms with Crippen LogP contribution in [0.3, 0.4) is 0 Å². The minimum atomic E-state index is -1.12.